The molecule has 1 aliphatic carbocycles. The molecule has 17 heavy (non-hydrogen) atoms. The van der Waals surface area contributed by atoms with E-state index in [0.717, 1.165) is 5.82 Å². The summed E-state index contributed by atoms with van der Waals surface area (Å²) >= 11 is 0. The van der Waals surface area contributed by atoms with Gasteiger partial charge in [-0.15, -0.1) is 0 Å². The van der Waals surface area contributed by atoms with Gasteiger partial charge in [0.2, 0.25) is 5.89 Å². The molecule has 6 nitrogen and oxygen atoms in total. The average Bonchev–Trinajstić information content (AvgIpc) is 2.98. The molecule has 1 N–H and O–H groups in total. The predicted octanol–water partition coefficient (Wildman–Crippen LogP) is 1.08. The summed E-state index contributed by atoms with van der Waals surface area (Å²) < 4.78 is 5.24. The van der Waals surface area contributed by atoms with Gasteiger partial charge in [-0.2, -0.15) is 4.98 Å². The van der Waals surface area contributed by atoms with Crippen molar-refractivity contribution >= 4 is 6.03 Å². The molecule has 1 saturated heterocycles. The molecular formula is C11H16N4O2. The molecule has 6 heteroatoms. The highest BCUT2D eigenvalue weighted by molar-refractivity contribution is 5.75. The van der Waals surface area contributed by atoms with Gasteiger partial charge < -0.3 is 14.7 Å². The second-order valence-corrected chi connectivity index (χ2v) is 4.70. The van der Waals surface area contributed by atoms with Crippen LogP contribution in [0.3, 0.4) is 0 Å². The Morgan fingerprint density at radius 3 is 2.88 bits per heavy atom. The first-order valence-electron chi connectivity index (χ1n) is 6.14. The normalized spacial score (nSPS) is 20.2. The van der Waals surface area contributed by atoms with Crippen LogP contribution in [0.4, 0.5) is 4.79 Å². The summed E-state index contributed by atoms with van der Waals surface area (Å²) in [5, 5.41) is 6.76. The van der Waals surface area contributed by atoms with Crippen molar-refractivity contribution in [3.8, 4) is 0 Å². The molecule has 1 saturated carbocycles. The molecule has 0 spiro atoms. The highest BCUT2D eigenvalue weighted by Crippen LogP contribution is 2.39. The number of urea groups is 1. The lowest BCUT2D eigenvalue weighted by Crippen LogP contribution is -2.52. The topological polar surface area (TPSA) is 71.3 Å². The number of hydrogen-bond donors (Lipinski definition) is 1. The summed E-state index contributed by atoms with van der Waals surface area (Å²) in [6.07, 6.45) is 2.35. The fourth-order valence-corrected chi connectivity index (χ4v) is 1.98. The molecule has 3 rings (SSSR count). The monoisotopic (exact) mass is 236 g/mol. The molecule has 0 atom stereocenters. The van der Waals surface area contributed by atoms with Crippen LogP contribution in [0.5, 0.6) is 0 Å². The van der Waals surface area contributed by atoms with Crippen molar-refractivity contribution in [2.45, 2.75) is 31.6 Å². The maximum Gasteiger partial charge on any atom is 0.317 e. The predicted molar refractivity (Wildman–Crippen MR) is 59.7 cm³/mol. The molecule has 2 aliphatic rings. The lowest BCUT2D eigenvalue weighted by Gasteiger charge is -2.36. The Labute approximate surface area is 99.4 Å². The van der Waals surface area contributed by atoms with Crippen molar-refractivity contribution in [2.75, 3.05) is 19.6 Å². The third-order valence-electron chi connectivity index (χ3n) is 3.25. The summed E-state index contributed by atoms with van der Waals surface area (Å²) in [6.45, 7) is 3.93. The van der Waals surface area contributed by atoms with Gasteiger partial charge in [0.25, 0.3) is 0 Å². The zero-order valence-corrected chi connectivity index (χ0v) is 9.85. The van der Waals surface area contributed by atoms with Gasteiger partial charge in [-0.25, -0.2) is 4.79 Å². The Balaban J connectivity index is 1.55. The molecule has 92 valence electrons. The zero-order chi connectivity index (χ0) is 11.8. The number of rotatable bonds is 3. The van der Waals surface area contributed by atoms with Crippen molar-refractivity contribution in [1.29, 1.82) is 0 Å². The average molecular weight is 236 g/mol. The van der Waals surface area contributed by atoms with Crippen LogP contribution < -0.4 is 5.32 Å². The molecule has 2 fully saturated rings. The molecule has 1 aromatic rings. The largest absolute Gasteiger partial charge is 0.339 e. The number of likely N-dealkylation sites (tertiary alicyclic amines) is 1. The summed E-state index contributed by atoms with van der Waals surface area (Å²) in [4.78, 5) is 17.6. The quantitative estimate of drug-likeness (QED) is 0.852. The smallest absolute Gasteiger partial charge is 0.317 e. The highest BCUT2D eigenvalue weighted by Gasteiger charge is 2.37. The van der Waals surface area contributed by atoms with Gasteiger partial charge in [0, 0.05) is 25.6 Å². The van der Waals surface area contributed by atoms with Gasteiger partial charge in [-0.3, -0.25) is 0 Å². The number of hydrogen-bond acceptors (Lipinski definition) is 4. The molecule has 1 aromatic heterocycles. The van der Waals surface area contributed by atoms with E-state index < -0.39 is 0 Å². The van der Waals surface area contributed by atoms with Crippen molar-refractivity contribution in [3.63, 3.8) is 0 Å². The maximum absolute atomic E-state index is 11.5. The lowest BCUT2D eigenvalue weighted by atomic mass is 10.0. The molecule has 0 radical (unpaired) electrons. The first kappa shape index (κ1) is 10.6. The van der Waals surface area contributed by atoms with Crippen molar-refractivity contribution in [3.05, 3.63) is 11.7 Å². The fraction of sp³-hybridized carbons (Fsp3) is 0.727. The van der Waals surface area contributed by atoms with Crippen LogP contribution >= 0.6 is 0 Å². The Hall–Kier alpha value is -1.59. The summed E-state index contributed by atoms with van der Waals surface area (Å²) in [5.41, 5.74) is 0. The minimum Gasteiger partial charge on any atom is -0.339 e. The van der Waals surface area contributed by atoms with Gasteiger partial charge in [0.05, 0.1) is 5.92 Å². The number of carbonyl (C=O) groups is 1. The van der Waals surface area contributed by atoms with E-state index in [0.29, 0.717) is 31.4 Å². The molecule has 2 heterocycles. The van der Waals surface area contributed by atoms with E-state index in [1.165, 1.54) is 12.8 Å². The number of carbonyl (C=O) groups excluding carboxylic acids is 1. The van der Waals surface area contributed by atoms with E-state index in [9.17, 15) is 4.79 Å². The Bertz CT molecular complexity index is 421. The minimum atomic E-state index is -0.00863. The zero-order valence-electron chi connectivity index (χ0n) is 9.85. The van der Waals surface area contributed by atoms with Gasteiger partial charge in [-0.1, -0.05) is 5.16 Å². The van der Waals surface area contributed by atoms with Crippen molar-refractivity contribution in [1.82, 2.24) is 20.4 Å². The second kappa shape index (κ2) is 4.01. The molecule has 0 unspecified atom stereocenters. The van der Waals surface area contributed by atoms with Crippen LogP contribution in [-0.4, -0.2) is 40.7 Å². The van der Waals surface area contributed by atoms with Crippen LogP contribution in [0.1, 0.15) is 43.3 Å². The molecule has 2 amide bonds. The van der Waals surface area contributed by atoms with Crippen LogP contribution in [0.15, 0.2) is 4.52 Å². The summed E-state index contributed by atoms with van der Waals surface area (Å²) in [5.74, 6) is 2.27. The molecule has 0 bridgehead atoms. The van der Waals surface area contributed by atoms with E-state index in [4.69, 9.17) is 4.52 Å². The van der Waals surface area contributed by atoms with E-state index in [2.05, 4.69) is 15.5 Å². The maximum atomic E-state index is 11.5. The Kier molecular flexibility index (Phi) is 2.49. The SMILES string of the molecule is CCNC(=O)N1CC(c2nc(C3CC3)no2)C1. The molecule has 0 aromatic carbocycles. The van der Waals surface area contributed by atoms with E-state index >= 15 is 0 Å². The number of amides is 2. The van der Waals surface area contributed by atoms with Gasteiger partial charge >= 0.3 is 6.03 Å². The Morgan fingerprint density at radius 2 is 2.24 bits per heavy atom. The number of nitrogens with zero attached hydrogens (tertiary/aromatic N) is 3. The van der Waals surface area contributed by atoms with E-state index in [1.807, 2.05) is 6.92 Å². The minimum absolute atomic E-state index is 0.00863. The van der Waals surface area contributed by atoms with Crippen LogP contribution in [0.2, 0.25) is 0 Å². The third kappa shape index (κ3) is 1.99. The van der Waals surface area contributed by atoms with Gasteiger partial charge in [0.15, 0.2) is 5.82 Å². The van der Waals surface area contributed by atoms with Crippen molar-refractivity contribution in [2.24, 2.45) is 0 Å². The van der Waals surface area contributed by atoms with E-state index in [-0.39, 0.29) is 11.9 Å². The fourth-order valence-electron chi connectivity index (χ4n) is 1.98. The third-order valence-corrected chi connectivity index (χ3v) is 3.25. The van der Waals surface area contributed by atoms with Crippen LogP contribution in [-0.2, 0) is 0 Å². The first-order valence-corrected chi connectivity index (χ1v) is 6.14. The second-order valence-electron chi connectivity index (χ2n) is 4.70. The van der Waals surface area contributed by atoms with Crippen molar-refractivity contribution < 1.29 is 9.32 Å². The number of nitrogens with one attached hydrogen (secondary N) is 1. The Morgan fingerprint density at radius 1 is 1.47 bits per heavy atom. The molecular weight excluding hydrogens is 220 g/mol. The van der Waals surface area contributed by atoms with Crippen LogP contribution in [0, 0.1) is 0 Å². The first-order chi connectivity index (χ1) is 8.28. The number of aromatic nitrogens is 2. The van der Waals surface area contributed by atoms with Crippen LogP contribution in [0.25, 0.3) is 0 Å². The molecule has 1 aliphatic heterocycles. The standard InChI is InChI=1S/C11H16N4O2/c1-2-12-11(16)15-5-8(6-15)10-13-9(14-17-10)7-3-4-7/h7-8H,2-6H2,1H3,(H,12,16). The summed E-state index contributed by atoms with van der Waals surface area (Å²) in [6, 6.07) is -0.00863. The lowest BCUT2D eigenvalue weighted by molar-refractivity contribution is 0.137. The van der Waals surface area contributed by atoms with Gasteiger partial charge in [-0.05, 0) is 19.8 Å². The van der Waals surface area contributed by atoms with Gasteiger partial charge in [0.1, 0.15) is 0 Å². The van der Waals surface area contributed by atoms with E-state index in [1.54, 1.807) is 4.90 Å². The highest BCUT2D eigenvalue weighted by atomic mass is 16.5. The summed E-state index contributed by atoms with van der Waals surface area (Å²) in [7, 11) is 0.